The van der Waals surface area contributed by atoms with Crippen molar-refractivity contribution in [3.8, 4) is 0 Å². The second-order valence-corrected chi connectivity index (χ2v) is 2.83. The summed E-state index contributed by atoms with van der Waals surface area (Å²) in [5.41, 5.74) is -0.146. The third-order valence-corrected chi connectivity index (χ3v) is 1.52. The molecule has 0 aliphatic heterocycles. The van der Waals surface area contributed by atoms with Crippen molar-refractivity contribution in [2.45, 2.75) is 4.83 Å². The molecular formula is C5H5BrF2N2. The fourth-order valence-electron chi connectivity index (χ4n) is 0.652. The molecule has 0 spiro atoms. The Balaban J connectivity index is 3.05. The summed E-state index contributed by atoms with van der Waals surface area (Å²) in [6.45, 7) is 0. The Morgan fingerprint density at radius 1 is 1.70 bits per heavy atom. The molecule has 0 radical (unpaired) electrons. The number of aryl methyl sites for hydroxylation is 1. The van der Waals surface area contributed by atoms with E-state index >= 15 is 0 Å². The van der Waals surface area contributed by atoms with Gasteiger partial charge in [0.25, 0.3) is 0 Å². The second-order valence-electron chi connectivity index (χ2n) is 1.84. The molecule has 1 rings (SSSR count). The average molecular weight is 211 g/mol. The summed E-state index contributed by atoms with van der Waals surface area (Å²) >= 11 is 2.22. The van der Waals surface area contributed by atoms with Gasteiger partial charge >= 0.3 is 4.83 Å². The molecule has 1 aromatic heterocycles. The van der Waals surface area contributed by atoms with Crippen LogP contribution in [0, 0.1) is 0 Å². The molecule has 0 aromatic carbocycles. The molecule has 10 heavy (non-hydrogen) atoms. The first kappa shape index (κ1) is 7.65. The van der Waals surface area contributed by atoms with Crippen LogP contribution in [0.3, 0.4) is 0 Å². The monoisotopic (exact) mass is 210 g/mol. The predicted octanol–water partition coefficient (Wildman–Crippen LogP) is 1.86. The van der Waals surface area contributed by atoms with Gasteiger partial charge in [-0.25, -0.2) is 0 Å². The Hall–Kier alpha value is -0.450. The van der Waals surface area contributed by atoms with Crippen LogP contribution in [0.25, 0.3) is 0 Å². The van der Waals surface area contributed by atoms with E-state index in [0.29, 0.717) is 0 Å². The van der Waals surface area contributed by atoms with Gasteiger partial charge < -0.3 is 0 Å². The van der Waals surface area contributed by atoms with Crippen molar-refractivity contribution in [3.63, 3.8) is 0 Å². The maximum atomic E-state index is 12.4. The zero-order chi connectivity index (χ0) is 7.78. The van der Waals surface area contributed by atoms with Crippen LogP contribution in [0.15, 0.2) is 12.3 Å². The minimum absolute atomic E-state index is 0.146. The number of nitrogens with zero attached hydrogens (tertiary/aromatic N) is 2. The standard InChI is InChI=1S/C5H5BrF2N2/c1-10-4(2-3-9-10)5(6,7)8/h2-3H,1H3. The van der Waals surface area contributed by atoms with Crippen molar-refractivity contribution in [2.24, 2.45) is 7.05 Å². The summed E-state index contributed by atoms with van der Waals surface area (Å²) in [6.07, 6.45) is 1.32. The Labute approximate surface area is 65.0 Å². The molecule has 0 aliphatic rings. The molecule has 0 atom stereocenters. The van der Waals surface area contributed by atoms with Crippen molar-refractivity contribution in [1.29, 1.82) is 0 Å². The highest BCUT2D eigenvalue weighted by Gasteiger charge is 2.29. The number of hydrogen-bond donors (Lipinski definition) is 0. The van der Waals surface area contributed by atoms with Gasteiger partial charge in [-0.15, -0.1) is 0 Å². The molecule has 56 valence electrons. The van der Waals surface area contributed by atoms with Gasteiger partial charge in [0, 0.05) is 13.2 Å². The molecule has 0 bridgehead atoms. The highest BCUT2D eigenvalue weighted by Crippen LogP contribution is 2.33. The van der Waals surface area contributed by atoms with E-state index in [1.807, 2.05) is 0 Å². The van der Waals surface area contributed by atoms with Crippen LogP contribution in [0.1, 0.15) is 5.69 Å². The van der Waals surface area contributed by atoms with Crippen LogP contribution in [-0.2, 0) is 11.9 Å². The lowest BCUT2D eigenvalue weighted by atomic mass is 10.4. The van der Waals surface area contributed by atoms with Crippen LogP contribution in [0.4, 0.5) is 8.78 Å². The third-order valence-electron chi connectivity index (χ3n) is 1.11. The van der Waals surface area contributed by atoms with E-state index in [1.165, 1.54) is 19.3 Å². The Bertz CT molecular complexity index is 228. The number of halogens is 3. The lowest BCUT2D eigenvalue weighted by Crippen LogP contribution is -2.09. The topological polar surface area (TPSA) is 17.8 Å². The molecule has 2 nitrogen and oxygen atoms in total. The van der Waals surface area contributed by atoms with Gasteiger partial charge in [-0.2, -0.15) is 13.9 Å². The molecule has 1 heterocycles. The number of alkyl halides is 3. The Morgan fingerprint density at radius 2 is 2.30 bits per heavy atom. The fraction of sp³-hybridized carbons (Fsp3) is 0.400. The van der Waals surface area contributed by atoms with E-state index in [0.717, 1.165) is 4.68 Å². The van der Waals surface area contributed by atoms with E-state index in [2.05, 4.69) is 21.0 Å². The van der Waals surface area contributed by atoms with Crippen molar-refractivity contribution in [2.75, 3.05) is 0 Å². The summed E-state index contributed by atoms with van der Waals surface area (Å²) in [5, 5.41) is 3.59. The van der Waals surface area contributed by atoms with Gasteiger partial charge in [0.05, 0.1) is 0 Å². The average Bonchev–Trinajstić information content (AvgIpc) is 2.11. The number of hydrogen-bond acceptors (Lipinski definition) is 1. The van der Waals surface area contributed by atoms with Crippen LogP contribution >= 0.6 is 15.9 Å². The van der Waals surface area contributed by atoms with Crippen LogP contribution in [0.2, 0.25) is 0 Å². The summed E-state index contributed by atoms with van der Waals surface area (Å²) in [4.78, 5) is -2.97. The van der Waals surface area contributed by atoms with Crippen molar-refractivity contribution in [1.82, 2.24) is 9.78 Å². The second kappa shape index (κ2) is 2.30. The Kier molecular flexibility index (Phi) is 1.76. The quantitative estimate of drug-likeness (QED) is 0.648. The van der Waals surface area contributed by atoms with E-state index < -0.39 is 4.83 Å². The summed E-state index contributed by atoms with van der Waals surface area (Å²) < 4.78 is 25.9. The Morgan fingerprint density at radius 3 is 2.50 bits per heavy atom. The smallest absolute Gasteiger partial charge is 0.266 e. The third kappa shape index (κ3) is 1.34. The van der Waals surface area contributed by atoms with Gasteiger partial charge in [0.1, 0.15) is 5.69 Å². The maximum absolute atomic E-state index is 12.4. The largest absolute Gasteiger partial charge is 0.342 e. The first-order valence-electron chi connectivity index (χ1n) is 2.57. The van der Waals surface area contributed by atoms with Crippen molar-refractivity contribution >= 4 is 15.9 Å². The van der Waals surface area contributed by atoms with E-state index in [9.17, 15) is 8.78 Å². The van der Waals surface area contributed by atoms with Crippen LogP contribution in [0.5, 0.6) is 0 Å². The van der Waals surface area contributed by atoms with E-state index in [1.54, 1.807) is 0 Å². The molecule has 0 unspecified atom stereocenters. The summed E-state index contributed by atoms with van der Waals surface area (Å²) in [6, 6.07) is 1.26. The van der Waals surface area contributed by atoms with E-state index in [-0.39, 0.29) is 5.69 Å². The first-order valence-corrected chi connectivity index (χ1v) is 3.36. The summed E-state index contributed by atoms with van der Waals surface area (Å²) in [7, 11) is 1.46. The molecule has 0 saturated heterocycles. The lowest BCUT2D eigenvalue weighted by Gasteiger charge is -2.06. The van der Waals surface area contributed by atoms with Crippen LogP contribution in [-0.4, -0.2) is 9.78 Å². The van der Waals surface area contributed by atoms with Gasteiger partial charge in [-0.3, -0.25) is 4.68 Å². The lowest BCUT2D eigenvalue weighted by molar-refractivity contribution is 0.104. The maximum Gasteiger partial charge on any atom is 0.342 e. The van der Waals surface area contributed by atoms with Gasteiger partial charge in [-0.1, -0.05) is 0 Å². The highest BCUT2D eigenvalue weighted by molar-refractivity contribution is 9.09. The van der Waals surface area contributed by atoms with E-state index in [4.69, 9.17) is 0 Å². The number of aromatic nitrogens is 2. The SMILES string of the molecule is Cn1nccc1C(F)(F)Br. The predicted molar refractivity (Wildman–Crippen MR) is 36.0 cm³/mol. The first-order chi connectivity index (χ1) is 4.52. The van der Waals surface area contributed by atoms with Crippen molar-refractivity contribution < 1.29 is 8.78 Å². The molecule has 0 amide bonds. The molecule has 0 saturated carbocycles. The fourth-order valence-corrected chi connectivity index (χ4v) is 1.04. The highest BCUT2D eigenvalue weighted by atomic mass is 79.9. The van der Waals surface area contributed by atoms with Gasteiger partial charge in [0.2, 0.25) is 0 Å². The molecule has 1 aromatic rings. The zero-order valence-electron chi connectivity index (χ0n) is 5.18. The minimum Gasteiger partial charge on any atom is -0.266 e. The molecule has 0 N–H and O–H groups in total. The number of rotatable bonds is 1. The van der Waals surface area contributed by atoms with Crippen molar-refractivity contribution in [3.05, 3.63) is 18.0 Å². The summed E-state index contributed by atoms with van der Waals surface area (Å²) in [5.74, 6) is 0. The molecule has 0 aliphatic carbocycles. The minimum atomic E-state index is -2.97. The molecule has 5 heteroatoms. The van der Waals surface area contributed by atoms with Gasteiger partial charge in [-0.05, 0) is 22.0 Å². The molecular weight excluding hydrogens is 206 g/mol. The molecule has 0 fully saturated rings. The van der Waals surface area contributed by atoms with Crippen LogP contribution < -0.4 is 0 Å². The zero-order valence-corrected chi connectivity index (χ0v) is 6.77. The van der Waals surface area contributed by atoms with Gasteiger partial charge in [0.15, 0.2) is 0 Å². The normalized spacial score (nSPS) is 12.0.